The van der Waals surface area contributed by atoms with Crippen molar-refractivity contribution in [2.45, 2.75) is 20.0 Å². The second kappa shape index (κ2) is 7.97. The van der Waals surface area contributed by atoms with Crippen molar-refractivity contribution in [1.82, 2.24) is 19.6 Å². The maximum atomic E-state index is 13.1. The molecule has 0 aliphatic carbocycles. The average Bonchev–Trinajstić information content (AvgIpc) is 3.25. The number of nitrogens with one attached hydrogen (secondary N) is 1. The van der Waals surface area contributed by atoms with Crippen molar-refractivity contribution in [3.8, 4) is 0 Å². The Morgan fingerprint density at radius 3 is 2.92 bits per heavy atom. The third-order valence-electron chi connectivity index (χ3n) is 3.64. The second-order valence-electron chi connectivity index (χ2n) is 5.59. The lowest BCUT2D eigenvalue weighted by Gasteiger charge is -2.04. The normalized spacial score (nSPS) is 11.2. The summed E-state index contributed by atoms with van der Waals surface area (Å²) in [4.78, 5) is 12.0. The van der Waals surface area contributed by atoms with E-state index in [2.05, 4.69) is 15.5 Å². The number of aryl methyl sites for hydroxylation is 1. The average molecular weight is 374 g/mol. The molecule has 2 aromatic heterocycles. The van der Waals surface area contributed by atoms with Gasteiger partial charge in [-0.1, -0.05) is 17.7 Å². The zero-order chi connectivity index (χ0) is 18.5. The maximum Gasteiger partial charge on any atom is 0.249 e. The summed E-state index contributed by atoms with van der Waals surface area (Å²) in [6, 6.07) is 5.89. The van der Waals surface area contributed by atoms with Crippen LogP contribution in [0.25, 0.3) is 6.08 Å². The predicted octanol–water partition coefficient (Wildman–Crippen LogP) is 3.59. The molecule has 0 saturated carbocycles. The fourth-order valence-electron chi connectivity index (χ4n) is 2.32. The highest BCUT2D eigenvalue weighted by molar-refractivity contribution is 6.31. The first kappa shape index (κ1) is 17.9. The van der Waals surface area contributed by atoms with Crippen molar-refractivity contribution in [2.24, 2.45) is 0 Å². The molecule has 0 saturated heterocycles. The molecule has 0 bridgehead atoms. The number of carbonyl (C=O) groups is 1. The standard InChI is InChI=1S/C18H17ClFN5O/c1-2-24-11-13(10-21-24)3-6-18(26)22-17-7-8-25(23-17)12-14-4-5-15(20)9-16(14)19/h3-11H,2,12H2,1H3,(H,22,23,26)/b6-3+. The Morgan fingerprint density at radius 1 is 1.35 bits per heavy atom. The number of anilines is 1. The maximum absolute atomic E-state index is 13.1. The summed E-state index contributed by atoms with van der Waals surface area (Å²) in [5, 5.41) is 11.4. The van der Waals surface area contributed by atoms with Crippen LogP contribution in [0.4, 0.5) is 10.2 Å². The van der Waals surface area contributed by atoms with Crippen LogP contribution < -0.4 is 5.32 Å². The number of hydrogen-bond donors (Lipinski definition) is 1. The Labute approximate surface area is 154 Å². The summed E-state index contributed by atoms with van der Waals surface area (Å²) in [5.41, 5.74) is 1.58. The molecule has 0 atom stereocenters. The van der Waals surface area contributed by atoms with Gasteiger partial charge in [-0.05, 0) is 30.7 Å². The minimum atomic E-state index is -0.386. The molecule has 2 heterocycles. The molecule has 3 aromatic rings. The van der Waals surface area contributed by atoms with Gasteiger partial charge in [-0.2, -0.15) is 10.2 Å². The van der Waals surface area contributed by atoms with Gasteiger partial charge in [0, 0.05) is 41.7 Å². The fourth-order valence-corrected chi connectivity index (χ4v) is 2.55. The molecule has 0 aliphatic rings. The van der Waals surface area contributed by atoms with E-state index in [1.807, 2.05) is 13.1 Å². The van der Waals surface area contributed by atoms with Gasteiger partial charge in [-0.3, -0.25) is 14.2 Å². The predicted molar refractivity (Wildman–Crippen MR) is 98.3 cm³/mol. The first-order chi connectivity index (χ1) is 12.5. The van der Waals surface area contributed by atoms with Gasteiger partial charge in [0.2, 0.25) is 5.91 Å². The third kappa shape index (κ3) is 4.58. The van der Waals surface area contributed by atoms with Crippen LogP contribution in [-0.2, 0) is 17.9 Å². The first-order valence-corrected chi connectivity index (χ1v) is 8.40. The molecule has 0 unspecified atom stereocenters. The van der Waals surface area contributed by atoms with Gasteiger partial charge < -0.3 is 5.32 Å². The lowest BCUT2D eigenvalue weighted by atomic mass is 10.2. The summed E-state index contributed by atoms with van der Waals surface area (Å²) in [6.45, 7) is 3.14. The van der Waals surface area contributed by atoms with Crippen molar-refractivity contribution < 1.29 is 9.18 Å². The van der Waals surface area contributed by atoms with Crippen LogP contribution in [0.5, 0.6) is 0 Å². The van der Waals surface area contributed by atoms with Gasteiger partial charge in [0.15, 0.2) is 5.82 Å². The fraction of sp³-hybridized carbons (Fsp3) is 0.167. The van der Waals surface area contributed by atoms with Gasteiger partial charge in [-0.25, -0.2) is 4.39 Å². The molecule has 0 spiro atoms. The van der Waals surface area contributed by atoms with E-state index in [0.717, 1.165) is 17.7 Å². The number of hydrogen-bond acceptors (Lipinski definition) is 3. The number of carbonyl (C=O) groups excluding carboxylic acids is 1. The molecule has 1 amide bonds. The van der Waals surface area contributed by atoms with Gasteiger partial charge >= 0.3 is 0 Å². The molecule has 8 heteroatoms. The Morgan fingerprint density at radius 2 is 2.19 bits per heavy atom. The second-order valence-corrected chi connectivity index (χ2v) is 5.99. The van der Waals surface area contributed by atoms with E-state index in [9.17, 15) is 9.18 Å². The lowest BCUT2D eigenvalue weighted by molar-refractivity contribution is -0.111. The van der Waals surface area contributed by atoms with Crippen molar-refractivity contribution in [3.63, 3.8) is 0 Å². The zero-order valence-corrected chi connectivity index (χ0v) is 14.8. The smallest absolute Gasteiger partial charge is 0.249 e. The highest BCUT2D eigenvalue weighted by atomic mass is 35.5. The number of amides is 1. The van der Waals surface area contributed by atoms with E-state index in [-0.39, 0.29) is 11.7 Å². The molecule has 0 radical (unpaired) electrons. The van der Waals surface area contributed by atoms with Crippen molar-refractivity contribution in [1.29, 1.82) is 0 Å². The molecule has 0 aliphatic heterocycles. The molecule has 1 N–H and O–H groups in total. The van der Waals surface area contributed by atoms with Crippen LogP contribution in [0.3, 0.4) is 0 Å². The highest BCUT2D eigenvalue weighted by Crippen LogP contribution is 2.18. The minimum absolute atomic E-state index is 0.292. The van der Waals surface area contributed by atoms with E-state index in [4.69, 9.17) is 11.6 Å². The van der Waals surface area contributed by atoms with Gasteiger partial charge in [0.05, 0.1) is 12.7 Å². The van der Waals surface area contributed by atoms with Gasteiger partial charge in [0.1, 0.15) is 5.82 Å². The van der Waals surface area contributed by atoms with Gasteiger partial charge in [-0.15, -0.1) is 0 Å². The largest absolute Gasteiger partial charge is 0.306 e. The zero-order valence-electron chi connectivity index (χ0n) is 14.1. The van der Waals surface area contributed by atoms with Crippen molar-refractivity contribution in [3.05, 3.63) is 70.9 Å². The number of halogens is 2. The van der Waals surface area contributed by atoms with Crippen LogP contribution in [0.2, 0.25) is 5.02 Å². The molecular formula is C18H17ClFN5O. The number of aromatic nitrogens is 4. The molecular weight excluding hydrogens is 357 g/mol. The van der Waals surface area contributed by atoms with E-state index in [0.29, 0.717) is 17.4 Å². The van der Waals surface area contributed by atoms with Crippen LogP contribution in [0.15, 0.2) is 48.9 Å². The summed E-state index contributed by atoms with van der Waals surface area (Å²) in [5.74, 6) is -0.259. The first-order valence-electron chi connectivity index (χ1n) is 8.02. The molecule has 1 aromatic carbocycles. The molecule has 26 heavy (non-hydrogen) atoms. The Balaban J connectivity index is 1.59. The van der Waals surface area contributed by atoms with E-state index < -0.39 is 0 Å². The summed E-state index contributed by atoms with van der Waals surface area (Å²) in [6.07, 6.45) is 8.36. The quantitative estimate of drug-likeness (QED) is 0.671. The Kier molecular flexibility index (Phi) is 5.48. The van der Waals surface area contributed by atoms with Crippen LogP contribution >= 0.6 is 11.6 Å². The summed E-state index contributed by atoms with van der Waals surface area (Å²) >= 11 is 6.02. The number of rotatable bonds is 6. The van der Waals surface area contributed by atoms with Crippen LogP contribution in [-0.4, -0.2) is 25.5 Å². The van der Waals surface area contributed by atoms with E-state index in [1.54, 1.807) is 40.0 Å². The molecule has 3 rings (SSSR count). The van der Waals surface area contributed by atoms with Gasteiger partial charge in [0.25, 0.3) is 0 Å². The summed E-state index contributed by atoms with van der Waals surface area (Å²) in [7, 11) is 0. The monoisotopic (exact) mass is 373 g/mol. The van der Waals surface area contributed by atoms with Crippen molar-refractivity contribution >= 4 is 29.4 Å². The van der Waals surface area contributed by atoms with Crippen molar-refractivity contribution in [2.75, 3.05) is 5.32 Å². The SMILES string of the molecule is CCn1cc(/C=C/C(=O)Nc2ccn(Cc3ccc(F)cc3Cl)n2)cn1. The number of benzene rings is 1. The van der Waals surface area contributed by atoms with Crippen LogP contribution in [0, 0.1) is 5.82 Å². The summed E-state index contributed by atoms with van der Waals surface area (Å²) < 4.78 is 16.5. The molecule has 6 nitrogen and oxygen atoms in total. The highest BCUT2D eigenvalue weighted by Gasteiger charge is 2.06. The molecule has 134 valence electrons. The third-order valence-corrected chi connectivity index (χ3v) is 4.00. The Bertz CT molecular complexity index is 947. The molecule has 0 fully saturated rings. The topological polar surface area (TPSA) is 64.7 Å². The van der Waals surface area contributed by atoms with E-state index >= 15 is 0 Å². The lowest BCUT2D eigenvalue weighted by Crippen LogP contribution is -2.09. The van der Waals surface area contributed by atoms with Crippen LogP contribution in [0.1, 0.15) is 18.1 Å². The minimum Gasteiger partial charge on any atom is -0.306 e. The Hall–Kier alpha value is -2.93. The van der Waals surface area contributed by atoms with E-state index in [1.165, 1.54) is 18.2 Å². The number of nitrogens with zero attached hydrogens (tertiary/aromatic N) is 4.